The minimum absolute atomic E-state index is 0.112. The average Bonchev–Trinajstić information content (AvgIpc) is 2.74. The Hall–Kier alpha value is -1.62. The molecular formula is C12H15NO3S. The van der Waals surface area contributed by atoms with Crippen LogP contribution in [0.4, 0.5) is 0 Å². The predicted octanol–water partition coefficient (Wildman–Crippen LogP) is 2.37. The van der Waals surface area contributed by atoms with Gasteiger partial charge in [0.2, 0.25) is 0 Å². The predicted molar refractivity (Wildman–Crippen MR) is 68.2 cm³/mol. The smallest absolute Gasteiger partial charge is 0.328 e. The Morgan fingerprint density at radius 3 is 2.88 bits per heavy atom. The van der Waals surface area contributed by atoms with E-state index < -0.39 is 5.97 Å². The Morgan fingerprint density at radius 1 is 1.59 bits per heavy atom. The van der Waals surface area contributed by atoms with Gasteiger partial charge in [-0.05, 0) is 36.4 Å². The maximum atomic E-state index is 11.9. The maximum absolute atomic E-state index is 11.9. The van der Waals surface area contributed by atoms with E-state index in [0.29, 0.717) is 10.4 Å². The molecule has 1 unspecified atom stereocenters. The van der Waals surface area contributed by atoms with Crippen molar-refractivity contribution < 1.29 is 14.7 Å². The van der Waals surface area contributed by atoms with Crippen molar-refractivity contribution in [3.05, 3.63) is 28.0 Å². The van der Waals surface area contributed by atoms with Crippen LogP contribution in [0.1, 0.15) is 35.5 Å². The summed E-state index contributed by atoms with van der Waals surface area (Å²) in [6.45, 7) is 3.92. The lowest BCUT2D eigenvalue weighted by Gasteiger charge is -2.10. The molecule has 4 nitrogen and oxygen atoms in total. The summed E-state index contributed by atoms with van der Waals surface area (Å²) >= 11 is 1.31. The summed E-state index contributed by atoms with van der Waals surface area (Å²) in [6, 6.07) is 1.84. The van der Waals surface area contributed by atoms with Crippen molar-refractivity contribution in [1.29, 1.82) is 0 Å². The van der Waals surface area contributed by atoms with Crippen molar-refractivity contribution in [1.82, 2.24) is 5.32 Å². The number of thiophene rings is 1. The summed E-state index contributed by atoms with van der Waals surface area (Å²) in [4.78, 5) is 22.8. The quantitative estimate of drug-likeness (QED) is 0.792. The van der Waals surface area contributed by atoms with E-state index in [0.717, 1.165) is 12.5 Å². The molecule has 0 aliphatic heterocycles. The van der Waals surface area contributed by atoms with Gasteiger partial charge in [0.1, 0.15) is 0 Å². The third-order valence-electron chi connectivity index (χ3n) is 2.30. The number of rotatable bonds is 5. The molecule has 92 valence electrons. The molecule has 0 aromatic carbocycles. The molecule has 5 heteroatoms. The zero-order chi connectivity index (χ0) is 12.8. The molecule has 0 saturated heterocycles. The first-order valence-electron chi connectivity index (χ1n) is 5.34. The van der Waals surface area contributed by atoms with Crippen LogP contribution in [-0.4, -0.2) is 23.0 Å². The Balaban J connectivity index is 2.81. The van der Waals surface area contributed by atoms with Crippen LogP contribution in [0.25, 0.3) is 6.08 Å². The number of amides is 1. The van der Waals surface area contributed by atoms with E-state index in [1.165, 1.54) is 17.4 Å². The maximum Gasteiger partial charge on any atom is 0.328 e. The van der Waals surface area contributed by atoms with Crippen molar-refractivity contribution in [2.24, 2.45) is 0 Å². The normalized spacial score (nSPS) is 12.6. The Bertz CT molecular complexity index is 437. The van der Waals surface area contributed by atoms with Crippen molar-refractivity contribution >= 4 is 29.3 Å². The van der Waals surface area contributed by atoms with Gasteiger partial charge in [0.05, 0.1) is 4.88 Å². The molecule has 17 heavy (non-hydrogen) atoms. The number of aliphatic carboxylic acids is 1. The number of nitrogens with one attached hydrogen (secondary N) is 1. The zero-order valence-corrected chi connectivity index (χ0v) is 10.6. The highest BCUT2D eigenvalue weighted by Gasteiger charge is 2.13. The van der Waals surface area contributed by atoms with Crippen LogP contribution in [0.3, 0.4) is 0 Å². The monoisotopic (exact) mass is 253 g/mol. The number of carboxylic acid groups (broad SMARTS) is 1. The van der Waals surface area contributed by atoms with Gasteiger partial charge < -0.3 is 10.4 Å². The molecule has 1 rings (SSSR count). The topological polar surface area (TPSA) is 66.4 Å². The molecule has 1 atom stereocenters. The van der Waals surface area contributed by atoms with E-state index in [1.54, 1.807) is 11.4 Å². The number of carbonyl (C=O) groups is 2. The fraction of sp³-hybridized carbons (Fsp3) is 0.333. The second-order valence-corrected chi connectivity index (χ2v) is 4.58. The van der Waals surface area contributed by atoms with E-state index in [2.05, 4.69) is 5.32 Å². The minimum atomic E-state index is -1.02. The first-order valence-corrected chi connectivity index (χ1v) is 6.22. The summed E-state index contributed by atoms with van der Waals surface area (Å²) in [5.41, 5.74) is 0.637. The fourth-order valence-corrected chi connectivity index (χ4v) is 1.98. The lowest BCUT2D eigenvalue weighted by Crippen LogP contribution is -2.31. The van der Waals surface area contributed by atoms with Gasteiger partial charge in [0.25, 0.3) is 5.91 Å². The molecule has 0 spiro atoms. The Morgan fingerprint density at radius 2 is 2.29 bits per heavy atom. The highest BCUT2D eigenvalue weighted by atomic mass is 32.1. The number of carbonyl (C=O) groups excluding carboxylic acids is 1. The minimum Gasteiger partial charge on any atom is -0.478 e. The summed E-state index contributed by atoms with van der Waals surface area (Å²) in [5, 5.41) is 13.2. The molecule has 2 N–H and O–H groups in total. The third kappa shape index (κ3) is 4.03. The number of carboxylic acids is 1. The van der Waals surface area contributed by atoms with Crippen molar-refractivity contribution in [2.75, 3.05) is 0 Å². The second-order valence-electron chi connectivity index (χ2n) is 3.66. The van der Waals surface area contributed by atoms with Crippen LogP contribution in [0, 0.1) is 0 Å². The fourth-order valence-electron chi connectivity index (χ4n) is 1.19. The van der Waals surface area contributed by atoms with Crippen molar-refractivity contribution in [3.63, 3.8) is 0 Å². The molecule has 1 amide bonds. The van der Waals surface area contributed by atoms with E-state index in [4.69, 9.17) is 5.11 Å². The van der Waals surface area contributed by atoms with Crippen LogP contribution in [-0.2, 0) is 4.79 Å². The summed E-state index contributed by atoms with van der Waals surface area (Å²) in [6.07, 6.45) is 3.32. The molecule has 0 aliphatic carbocycles. The van der Waals surface area contributed by atoms with E-state index >= 15 is 0 Å². The molecule has 0 aliphatic rings. The zero-order valence-electron chi connectivity index (χ0n) is 9.77. The highest BCUT2D eigenvalue weighted by molar-refractivity contribution is 7.12. The Kier molecular flexibility index (Phi) is 4.90. The van der Waals surface area contributed by atoms with Gasteiger partial charge >= 0.3 is 5.97 Å². The second kappa shape index (κ2) is 6.20. The highest BCUT2D eigenvalue weighted by Crippen LogP contribution is 2.18. The van der Waals surface area contributed by atoms with Gasteiger partial charge in [-0.25, -0.2) is 4.79 Å². The lowest BCUT2D eigenvalue weighted by molar-refractivity contribution is -0.131. The molecular weight excluding hydrogens is 238 g/mol. The van der Waals surface area contributed by atoms with Crippen LogP contribution in [0.5, 0.6) is 0 Å². The standard InChI is InChI=1S/C12H15NO3S/c1-3-8(2)13-12(16)11-9(6-7-17-11)4-5-10(14)15/h4-8H,3H2,1-2H3,(H,13,16)(H,14,15)/b5-4+. The number of hydrogen-bond donors (Lipinski definition) is 2. The molecule has 0 bridgehead atoms. The average molecular weight is 253 g/mol. The molecule has 1 aromatic heterocycles. The van der Waals surface area contributed by atoms with Gasteiger partial charge in [-0.3, -0.25) is 4.79 Å². The SMILES string of the molecule is CCC(C)NC(=O)c1sccc1/C=C/C(=O)O. The molecule has 0 fully saturated rings. The Labute approximate surface area is 104 Å². The van der Waals surface area contributed by atoms with Gasteiger partial charge in [0.15, 0.2) is 0 Å². The van der Waals surface area contributed by atoms with E-state index in [9.17, 15) is 9.59 Å². The van der Waals surface area contributed by atoms with E-state index in [-0.39, 0.29) is 11.9 Å². The van der Waals surface area contributed by atoms with Gasteiger partial charge in [-0.2, -0.15) is 0 Å². The van der Waals surface area contributed by atoms with Crippen LogP contribution in [0.2, 0.25) is 0 Å². The summed E-state index contributed by atoms with van der Waals surface area (Å²) in [5.74, 6) is -1.18. The summed E-state index contributed by atoms with van der Waals surface area (Å²) in [7, 11) is 0. The third-order valence-corrected chi connectivity index (χ3v) is 3.23. The lowest BCUT2D eigenvalue weighted by atomic mass is 10.2. The first-order chi connectivity index (χ1) is 8.04. The molecule has 0 radical (unpaired) electrons. The number of hydrogen-bond acceptors (Lipinski definition) is 3. The van der Waals surface area contributed by atoms with E-state index in [1.807, 2.05) is 13.8 Å². The van der Waals surface area contributed by atoms with Crippen molar-refractivity contribution in [3.8, 4) is 0 Å². The van der Waals surface area contributed by atoms with Gasteiger partial charge in [-0.15, -0.1) is 11.3 Å². The largest absolute Gasteiger partial charge is 0.478 e. The van der Waals surface area contributed by atoms with Gasteiger partial charge in [-0.1, -0.05) is 6.92 Å². The van der Waals surface area contributed by atoms with Gasteiger partial charge in [0, 0.05) is 12.1 Å². The molecule has 1 aromatic rings. The summed E-state index contributed by atoms with van der Waals surface area (Å²) < 4.78 is 0. The molecule has 1 heterocycles. The van der Waals surface area contributed by atoms with Crippen molar-refractivity contribution in [2.45, 2.75) is 26.3 Å². The first kappa shape index (κ1) is 13.4. The van der Waals surface area contributed by atoms with Crippen LogP contribution >= 0.6 is 11.3 Å². The van der Waals surface area contributed by atoms with Crippen LogP contribution < -0.4 is 5.32 Å². The molecule has 0 saturated carbocycles. The van der Waals surface area contributed by atoms with Crippen LogP contribution in [0.15, 0.2) is 17.5 Å².